The second-order valence-corrected chi connectivity index (χ2v) is 5.41. The van der Waals surface area contributed by atoms with E-state index in [2.05, 4.69) is 14.9 Å². The molecule has 0 radical (unpaired) electrons. The molecule has 0 aliphatic carbocycles. The van der Waals surface area contributed by atoms with Crippen molar-refractivity contribution in [2.75, 3.05) is 13.1 Å². The van der Waals surface area contributed by atoms with Gasteiger partial charge in [0.05, 0.1) is 6.54 Å². The molecule has 0 bridgehead atoms. The molecular weight excluding hydrogens is 339 g/mol. The van der Waals surface area contributed by atoms with E-state index in [1.54, 1.807) is 17.0 Å². The van der Waals surface area contributed by atoms with Gasteiger partial charge < -0.3 is 14.4 Å². The first kappa shape index (κ1) is 17.0. The number of benzene rings is 1. The minimum Gasteiger partial charge on any atom is -0.471 e. The third-order valence-electron chi connectivity index (χ3n) is 3.60. The van der Waals surface area contributed by atoms with Crippen molar-refractivity contribution in [1.82, 2.24) is 15.1 Å². The van der Waals surface area contributed by atoms with Gasteiger partial charge in [0.25, 0.3) is 5.91 Å². The maximum Gasteiger partial charge on any atom is 0.573 e. The largest absolute Gasteiger partial charge is 0.573 e. The van der Waals surface area contributed by atoms with Gasteiger partial charge in [0.2, 0.25) is 5.88 Å². The van der Waals surface area contributed by atoms with Gasteiger partial charge in [-0.3, -0.25) is 4.79 Å². The minimum atomic E-state index is -4.76. The SMILES string of the molecule is O=C(c1ccc(OC(F)(F)F)cc1)N1CCC(Oc2cccnn2)C1. The fraction of sp³-hybridized carbons (Fsp3) is 0.312. The van der Waals surface area contributed by atoms with Gasteiger partial charge in [0.1, 0.15) is 11.9 Å². The fourth-order valence-corrected chi connectivity index (χ4v) is 2.51. The van der Waals surface area contributed by atoms with Crippen LogP contribution in [0.25, 0.3) is 0 Å². The zero-order valence-corrected chi connectivity index (χ0v) is 12.9. The predicted molar refractivity (Wildman–Crippen MR) is 80.1 cm³/mol. The number of hydrogen-bond acceptors (Lipinski definition) is 5. The van der Waals surface area contributed by atoms with E-state index in [4.69, 9.17) is 4.74 Å². The molecule has 1 fully saturated rings. The Balaban J connectivity index is 1.58. The molecule has 1 aromatic heterocycles. The number of carbonyl (C=O) groups is 1. The van der Waals surface area contributed by atoms with Crippen molar-refractivity contribution in [1.29, 1.82) is 0 Å². The predicted octanol–water partition coefficient (Wildman–Crippen LogP) is 2.67. The van der Waals surface area contributed by atoms with Crippen molar-refractivity contribution in [3.8, 4) is 11.6 Å². The normalized spacial score (nSPS) is 17.4. The summed E-state index contributed by atoms with van der Waals surface area (Å²) in [6.45, 7) is 0.862. The molecule has 0 saturated carbocycles. The van der Waals surface area contributed by atoms with Crippen molar-refractivity contribution in [3.63, 3.8) is 0 Å². The summed E-state index contributed by atoms with van der Waals surface area (Å²) in [4.78, 5) is 14.0. The molecule has 9 heteroatoms. The summed E-state index contributed by atoms with van der Waals surface area (Å²) in [7, 11) is 0. The number of likely N-dealkylation sites (tertiary alicyclic amines) is 1. The van der Waals surface area contributed by atoms with E-state index in [0.29, 0.717) is 25.4 Å². The van der Waals surface area contributed by atoms with Gasteiger partial charge in [0, 0.05) is 30.8 Å². The Morgan fingerprint density at radius 1 is 1.20 bits per heavy atom. The molecule has 1 aromatic carbocycles. The molecule has 6 nitrogen and oxygen atoms in total. The molecule has 1 unspecified atom stereocenters. The third kappa shape index (κ3) is 4.59. The Labute approximate surface area is 141 Å². The van der Waals surface area contributed by atoms with Crippen molar-refractivity contribution in [3.05, 3.63) is 48.2 Å². The second-order valence-electron chi connectivity index (χ2n) is 5.41. The molecule has 0 spiro atoms. The Morgan fingerprint density at radius 2 is 1.96 bits per heavy atom. The minimum absolute atomic E-state index is 0.200. The monoisotopic (exact) mass is 353 g/mol. The summed E-state index contributed by atoms with van der Waals surface area (Å²) in [6.07, 6.45) is -2.79. The summed E-state index contributed by atoms with van der Waals surface area (Å²) in [5.41, 5.74) is 0.287. The van der Waals surface area contributed by atoms with Gasteiger partial charge in [-0.1, -0.05) is 0 Å². The maximum absolute atomic E-state index is 12.4. The zero-order valence-electron chi connectivity index (χ0n) is 12.9. The van der Waals surface area contributed by atoms with Gasteiger partial charge in [-0.05, 0) is 30.3 Å². The topological polar surface area (TPSA) is 64.5 Å². The quantitative estimate of drug-likeness (QED) is 0.846. The Morgan fingerprint density at radius 3 is 2.60 bits per heavy atom. The van der Waals surface area contributed by atoms with Crippen LogP contribution < -0.4 is 9.47 Å². The average Bonchev–Trinajstić information content (AvgIpc) is 3.03. The number of ether oxygens (including phenoxy) is 2. The summed E-state index contributed by atoms with van der Waals surface area (Å²) >= 11 is 0. The van der Waals surface area contributed by atoms with Crippen molar-refractivity contribution in [2.24, 2.45) is 0 Å². The zero-order chi connectivity index (χ0) is 17.9. The van der Waals surface area contributed by atoms with Crippen LogP contribution in [0.1, 0.15) is 16.8 Å². The van der Waals surface area contributed by atoms with Crippen molar-refractivity contribution in [2.45, 2.75) is 18.9 Å². The number of hydrogen-bond donors (Lipinski definition) is 0. The molecule has 1 atom stereocenters. The van der Waals surface area contributed by atoms with Crippen LogP contribution in [-0.2, 0) is 0 Å². The summed E-state index contributed by atoms with van der Waals surface area (Å²) in [6, 6.07) is 8.22. The highest BCUT2D eigenvalue weighted by molar-refractivity contribution is 5.94. The smallest absolute Gasteiger partial charge is 0.471 e. The van der Waals surface area contributed by atoms with E-state index in [-0.39, 0.29) is 23.3 Å². The molecule has 1 amide bonds. The van der Waals surface area contributed by atoms with Crippen LogP contribution in [0.3, 0.4) is 0 Å². The number of halogens is 3. The van der Waals surface area contributed by atoms with Crippen LogP contribution in [0.5, 0.6) is 11.6 Å². The third-order valence-corrected chi connectivity index (χ3v) is 3.60. The summed E-state index contributed by atoms with van der Waals surface area (Å²) < 4.78 is 45.9. The van der Waals surface area contributed by atoms with Gasteiger partial charge in [-0.2, -0.15) is 5.10 Å². The molecule has 0 N–H and O–H groups in total. The van der Waals surface area contributed by atoms with Gasteiger partial charge in [-0.15, -0.1) is 18.3 Å². The molecule has 3 rings (SSSR count). The van der Waals surface area contributed by atoms with Gasteiger partial charge >= 0.3 is 6.36 Å². The van der Waals surface area contributed by atoms with E-state index >= 15 is 0 Å². The molecular formula is C16H14F3N3O3. The van der Waals surface area contributed by atoms with E-state index in [0.717, 1.165) is 12.1 Å². The average molecular weight is 353 g/mol. The molecule has 2 aromatic rings. The first-order chi connectivity index (χ1) is 11.9. The standard InChI is InChI=1S/C16H14F3N3O3/c17-16(18,19)25-12-5-3-11(4-6-12)15(23)22-9-7-13(10-22)24-14-2-1-8-20-21-14/h1-6,8,13H,7,9-10H2. The molecule has 1 saturated heterocycles. The number of carbonyl (C=O) groups excluding carboxylic acids is 1. The molecule has 1 aliphatic heterocycles. The molecule has 132 valence electrons. The van der Waals surface area contributed by atoms with Crippen LogP contribution >= 0.6 is 0 Å². The molecule has 2 heterocycles. The van der Waals surface area contributed by atoms with E-state index in [1.165, 1.54) is 18.3 Å². The lowest BCUT2D eigenvalue weighted by Gasteiger charge is -2.17. The van der Waals surface area contributed by atoms with E-state index < -0.39 is 6.36 Å². The lowest BCUT2D eigenvalue weighted by molar-refractivity contribution is -0.274. The Kier molecular flexibility index (Phi) is 4.73. The lowest BCUT2D eigenvalue weighted by atomic mass is 10.2. The van der Waals surface area contributed by atoms with Crippen LogP contribution in [0, 0.1) is 0 Å². The number of aromatic nitrogens is 2. The van der Waals surface area contributed by atoms with E-state index in [9.17, 15) is 18.0 Å². The summed E-state index contributed by atoms with van der Waals surface area (Å²) in [5.74, 6) is -0.256. The lowest BCUT2D eigenvalue weighted by Crippen LogP contribution is -2.31. The highest BCUT2D eigenvalue weighted by Crippen LogP contribution is 2.24. The van der Waals surface area contributed by atoms with Gasteiger partial charge in [-0.25, -0.2) is 0 Å². The second kappa shape index (κ2) is 6.96. The van der Waals surface area contributed by atoms with Gasteiger partial charge in [0.15, 0.2) is 0 Å². The van der Waals surface area contributed by atoms with Crippen LogP contribution in [-0.4, -0.2) is 46.6 Å². The maximum atomic E-state index is 12.4. The number of alkyl halides is 3. The number of nitrogens with zero attached hydrogens (tertiary/aromatic N) is 3. The number of amides is 1. The van der Waals surface area contributed by atoms with Crippen molar-refractivity contribution < 1.29 is 27.4 Å². The molecule has 1 aliphatic rings. The molecule has 25 heavy (non-hydrogen) atoms. The fourth-order valence-electron chi connectivity index (χ4n) is 2.51. The Hall–Kier alpha value is -2.84. The number of rotatable bonds is 4. The van der Waals surface area contributed by atoms with Crippen LogP contribution in [0.2, 0.25) is 0 Å². The summed E-state index contributed by atoms with van der Waals surface area (Å²) in [5, 5.41) is 7.54. The highest BCUT2D eigenvalue weighted by atomic mass is 19.4. The Bertz CT molecular complexity index is 723. The van der Waals surface area contributed by atoms with Crippen LogP contribution in [0.15, 0.2) is 42.6 Å². The first-order valence-corrected chi connectivity index (χ1v) is 7.50. The van der Waals surface area contributed by atoms with Crippen molar-refractivity contribution >= 4 is 5.91 Å². The highest BCUT2D eigenvalue weighted by Gasteiger charge is 2.31. The van der Waals surface area contributed by atoms with Crippen LogP contribution in [0.4, 0.5) is 13.2 Å². The first-order valence-electron chi connectivity index (χ1n) is 7.50. The van der Waals surface area contributed by atoms with E-state index in [1.807, 2.05) is 0 Å².